The zero-order valence-corrected chi connectivity index (χ0v) is 20.4. The van der Waals surface area contributed by atoms with Crippen molar-refractivity contribution in [3.63, 3.8) is 0 Å². The summed E-state index contributed by atoms with van der Waals surface area (Å²) in [6.45, 7) is 5.14. The van der Waals surface area contributed by atoms with Crippen molar-refractivity contribution >= 4 is 11.8 Å². The number of hydrogen-bond donors (Lipinski definition) is 0. The monoisotopic (exact) mass is 457 g/mol. The fourth-order valence-corrected chi connectivity index (χ4v) is 6.80. The summed E-state index contributed by atoms with van der Waals surface area (Å²) >= 11 is 1.95. The molecule has 0 spiro atoms. The molecule has 0 amide bonds. The molecule has 1 aliphatic carbocycles. The molecule has 3 fully saturated rings. The number of hydrogen-bond acceptors (Lipinski definition) is 5. The Morgan fingerprint density at radius 2 is 1.88 bits per heavy atom. The highest BCUT2D eigenvalue weighted by Gasteiger charge is 2.29. The second-order valence-electron chi connectivity index (χ2n) is 10.1. The number of piperidine rings is 1. The first-order valence-corrected chi connectivity index (χ1v) is 13.7. The lowest BCUT2D eigenvalue weighted by Crippen LogP contribution is -2.34. The van der Waals surface area contributed by atoms with Crippen LogP contribution in [0.1, 0.15) is 75.2 Å². The predicted octanol–water partition coefficient (Wildman–Crippen LogP) is 4.85. The van der Waals surface area contributed by atoms with Crippen LogP contribution in [-0.4, -0.2) is 55.8 Å². The van der Waals surface area contributed by atoms with Crippen molar-refractivity contribution in [2.45, 2.75) is 88.1 Å². The van der Waals surface area contributed by atoms with E-state index in [4.69, 9.17) is 14.9 Å². The molecule has 4 heterocycles. The van der Waals surface area contributed by atoms with E-state index >= 15 is 0 Å². The molecule has 3 aliphatic rings. The van der Waals surface area contributed by atoms with Gasteiger partial charge in [-0.2, -0.15) is 0 Å². The summed E-state index contributed by atoms with van der Waals surface area (Å²) in [5.41, 5.74) is 1.39. The van der Waals surface area contributed by atoms with Crippen LogP contribution in [0.3, 0.4) is 0 Å². The summed E-state index contributed by atoms with van der Waals surface area (Å²) in [6.07, 6.45) is 14.2. The summed E-state index contributed by atoms with van der Waals surface area (Å²) in [4.78, 5) is 2.59. The normalized spacial score (nSPS) is 23.8. The molecule has 0 radical (unpaired) electrons. The Kier molecular flexibility index (Phi) is 7.55. The number of likely N-dealkylation sites (tertiary alicyclic amines) is 1. The number of aryl methyl sites for hydroxylation is 1. The third-order valence-electron chi connectivity index (χ3n) is 7.72. The van der Waals surface area contributed by atoms with Gasteiger partial charge in [-0.25, -0.2) is 0 Å². The minimum absolute atomic E-state index is 0.330. The molecule has 2 aliphatic heterocycles. The molecule has 2 aromatic heterocycles. The lowest BCUT2D eigenvalue weighted by atomic mass is 9.91. The van der Waals surface area contributed by atoms with Crippen LogP contribution in [0.5, 0.6) is 0 Å². The highest BCUT2D eigenvalue weighted by molar-refractivity contribution is 7.99. The average molecular weight is 458 g/mol. The van der Waals surface area contributed by atoms with Crippen LogP contribution in [0.4, 0.5) is 0 Å². The van der Waals surface area contributed by atoms with E-state index in [1.807, 2.05) is 11.8 Å². The number of nitrogens with zero attached hydrogens (tertiary/aromatic N) is 5. The Morgan fingerprint density at radius 1 is 1.03 bits per heavy atom. The predicted molar refractivity (Wildman–Crippen MR) is 129 cm³/mol. The first-order chi connectivity index (χ1) is 15.8. The van der Waals surface area contributed by atoms with E-state index in [1.54, 1.807) is 0 Å². The van der Waals surface area contributed by atoms with Gasteiger partial charge in [0.25, 0.3) is 0 Å². The third kappa shape index (κ3) is 5.42. The molecule has 32 heavy (non-hydrogen) atoms. The van der Waals surface area contributed by atoms with Crippen LogP contribution in [0.15, 0.2) is 23.5 Å². The SMILES string of the molecule is Cn1cccc1CN1CCC(c2nnc(SCC3CCCCC3)n2C[C@H]2CCCO2)CC1. The van der Waals surface area contributed by atoms with E-state index < -0.39 is 0 Å². The summed E-state index contributed by atoms with van der Waals surface area (Å²) in [5.74, 6) is 3.77. The van der Waals surface area contributed by atoms with Gasteiger partial charge >= 0.3 is 0 Å². The molecule has 0 unspecified atom stereocenters. The maximum Gasteiger partial charge on any atom is 0.191 e. The Labute approximate surface area is 197 Å². The number of aromatic nitrogens is 4. The van der Waals surface area contributed by atoms with Crippen molar-refractivity contribution in [2.24, 2.45) is 13.0 Å². The first-order valence-electron chi connectivity index (χ1n) is 12.8. The van der Waals surface area contributed by atoms with Crippen LogP contribution in [0, 0.1) is 5.92 Å². The molecule has 176 valence electrons. The molecule has 2 aromatic rings. The third-order valence-corrected chi connectivity index (χ3v) is 8.92. The lowest BCUT2D eigenvalue weighted by molar-refractivity contribution is 0.0931. The van der Waals surface area contributed by atoms with Crippen LogP contribution in [0.2, 0.25) is 0 Å². The van der Waals surface area contributed by atoms with Gasteiger partial charge in [-0.15, -0.1) is 10.2 Å². The molecule has 0 bridgehead atoms. The maximum atomic E-state index is 6.01. The van der Waals surface area contributed by atoms with Crippen LogP contribution < -0.4 is 0 Å². The number of ether oxygens (including phenoxy) is 1. The maximum absolute atomic E-state index is 6.01. The van der Waals surface area contributed by atoms with Gasteiger partial charge < -0.3 is 13.9 Å². The minimum Gasteiger partial charge on any atom is -0.376 e. The topological polar surface area (TPSA) is 48.1 Å². The summed E-state index contributed by atoms with van der Waals surface area (Å²) in [6, 6.07) is 4.38. The van der Waals surface area contributed by atoms with Crippen molar-refractivity contribution < 1.29 is 4.74 Å². The van der Waals surface area contributed by atoms with Gasteiger partial charge in [-0.05, 0) is 69.7 Å². The van der Waals surface area contributed by atoms with Crippen molar-refractivity contribution in [3.8, 4) is 0 Å². The molecular formula is C25H39N5OS. The van der Waals surface area contributed by atoms with Gasteiger partial charge in [-0.3, -0.25) is 4.90 Å². The molecule has 5 rings (SSSR count). The van der Waals surface area contributed by atoms with Crippen LogP contribution >= 0.6 is 11.8 Å². The molecule has 2 saturated heterocycles. The fourth-order valence-electron chi connectivity index (χ4n) is 5.66. The molecule has 6 nitrogen and oxygen atoms in total. The fraction of sp³-hybridized carbons (Fsp3) is 0.760. The molecule has 0 N–H and O–H groups in total. The van der Waals surface area contributed by atoms with E-state index in [0.717, 1.165) is 43.9 Å². The Morgan fingerprint density at radius 3 is 2.59 bits per heavy atom. The van der Waals surface area contributed by atoms with Gasteiger partial charge in [0.2, 0.25) is 0 Å². The van der Waals surface area contributed by atoms with Crippen LogP contribution in [0.25, 0.3) is 0 Å². The summed E-state index contributed by atoms with van der Waals surface area (Å²) in [5, 5.41) is 10.6. The molecule has 1 atom stereocenters. The largest absolute Gasteiger partial charge is 0.376 e. The Hall–Kier alpha value is -1.31. The highest BCUT2D eigenvalue weighted by Crippen LogP contribution is 2.33. The van der Waals surface area contributed by atoms with Crippen molar-refractivity contribution in [3.05, 3.63) is 29.8 Å². The van der Waals surface area contributed by atoms with Gasteiger partial charge in [-0.1, -0.05) is 31.0 Å². The summed E-state index contributed by atoms with van der Waals surface area (Å²) in [7, 11) is 2.14. The Balaban J connectivity index is 1.24. The van der Waals surface area contributed by atoms with Gasteiger partial charge in [0.05, 0.1) is 12.6 Å². The van der Waals surface area contributed by atoms with Crippen LogP contribution in [-0.2, 0) is 24.9 Å². The quantitative estimate of drug-likeness (QED) is 0.531. The molecule has 0 aromatic carbocycles. The van der Waals surface area contributed by atoms with E-state index in [1.165, 1.54) is 75.1 Å². The molecular weight excluding hydrogens is 418 g/mol. The van der Waals surface area contributed by atoms with Gasteiger partial charge in [0.1, 0.15) is 5.82 Å². The van der Waals surface area contributed by atoms with E-state index in [-0.39, 0.29) is 0 Å². The number of rotatable bonds is 8. The lowest BCUT2D eigenvalue weighted by Gasteiger charge is -2.32. The smallest absolute Gasteiger partial charge is 0.191 e. The number of thioether (sulfide) groups is 1. The summed E-state index contributed by atoms with van der Waals surface area (Å²) < 4.78 is 10.7. The molecule has 1 saturated carbocycles. The van der Waals surface area contributed by atoms with Crippen molar-refractivity contribution in [1.82, 2.24) is 24.2 Å². The minimum atomic E-state index is 0.330. The van der Waals surface area contributed by atoms with E-state index in [0.29, 0.717) is 12.0 Å². The zero-order valence-electron chi connectivity index (χ0n) is 19.6. The van der Waals surface area contributed by atoms with Crippen molar-refractivity contribution in [2.75, 3.05) is 25.4 Å². The first kappa shape index (κ1) is 22.5. The average Bonchev–Trinajstić information content (AvgIpc) is 3.57. The zero-order chi connectivity index (χ0) is 21.8. The Bertz CT molecular complexity index is 844. The van der Waals surface area contributed by atoms with Gasteiger partial charge in [0, 0.05) is 43.8 Å². The highest BCUT2D eigenvalue weighted by atomic mass is 32.2. The second kappa shape index (κ2) is 10.7. The van der Waals surface area contributed by atoms with Crippen molar-refractivity contribution in [1.29, 1.82) is 0 Å². The van der Waals surface area contributed by atoms with Gasteiger partial charge in [0.15, 0.2) is 5.16 Å². The molecule has 7 heteroatoms. The van der Waals surface area contributed by atoms with E-state index in [9.17, 15) is 0 Å². The second-order valence-corrected chi connectivity index (χ2v) is 11.0. The van der Waals surface area contributed by atoms with E-state index in [2.05, 4.69) is 39.4 Å². The standard InChI is InChI=1S/C25H39N5OS/c1-28-13-5-9-22(28)17-29-14-11-21(12-15-29)24-26-27-25(30(24)18-23-10-6-16-31-23)32-19-20-7-3-2-4-8-20/h5,9,13,20-21,23H,2-4,6-8,10-12,14-19H2,1H3/t23-/m1/s1.